The molecule has 0 saturated carbocycles. The Morgan fingerprint density at radius 2 is 1.35 bits per heavy atom. The van der Waals surface area contributed by atoms with Crippen LogP contribution in [0.1, 0.15) is 48.9 Å². The van der Waals surface area contributed by atoms with Crippen LogP contribution in [0.5, 0.6) is 0 Å². The van der Waals surface area contributed by atoms with Crippen LogP contribution in [0.25, 0.3) is 11.1 Å². The molecular formula is C27H30N2O2. The lowest BCUT2D eigenvalue weighted by atomic mass is 9.93. The molecule has 4 nitrogen and oxygen atoms in total. The fraction of sp³-hybridized carbons (Fsp3) is 0.259. The topological polar surface area (TPSA) is 58.2 Å². The van der Waals surface area contributed by atoms with E-state index >= 15 is 0 Å². The number of hydrogen-bond donors (Lipinski definition) is 2. The Morgan fingerprint density at radius 3 is 1.90 bits per heavy atom. The van der Waals surface area contributed by atoms with E-state index in [1.165, 1.54) is 5.56 Å². The SMILES string of the molecule is CCCc1ccc(-c2ccc(C(C(=O)NC)C(=O)NC(C)c3ccccc3)cc2)cc1. The molecule has 0 bridgehead atoms. The van der Waals surface area contributed by atoms with Gasteiger partial charge in [-0.05, 0) is 41.2 Å². The number of carbonyl (C=O) groups excluding carboxylic acids is 2. The first-order valence-corrected chi connectivity index (χ1v) is 10.8. The summed E-state index contributed by atoms with van der Waals surface area (Å²) in [5.74, 6) is -1.54. The molecule has 2 amide bonds. The predicted octanol–water partition coefficient (Wildman–Crippen LogP) is 5.01. The molecule has 0 aliphatic carbocycles. The summed E-state index contributed by atoms with van der Waals surface area (Å²) in [6.07, 6.45) is 2.20. The number of nitrogens with one attached hydrogen (secondary N) is 2. The Hall–Kier alpha value is -3.40. The van der Waals surface area contributed by atoms with Crippen LogP contribution < -0.4 is 10.6 Å². The van der Waals surface area contributed by atoms with E-state index in [4.69, 9.17) is 0 Å². The van der Waals surface area contributed by atoms with Crippen LogP contribution in [0, 0.1) is 0 Å². The van der Waals surface area contributed by atoms with Gasteiger partial charge in [0.15, 0.2) is 0 Å². The van der Waals surface area contributed by atoms with E-state index in [-0.39, 0.29) is 17.9 Å². The first-order chi connectivity index (χ1) is 15.0. The molecule has 4 heteroatoms. The average Bonchev–Trinajstić information content (AvgIpc) is 2.81. The third-order valence-electron chi connectivity index (χ3n) is 5.50. The van der Waals surface area contributed by atoms with Crippen LogP contribution >= 0.6 is 0 Å². The summed E-state index contributed by atoms with van der Waals surface area (Å²) in [5.41, 5.74) is 5.16. The number of aryl methyl sites for hydroxylation is 1. The highest BCUT2D eigenvalue weighted by atomic mass is 16.2. The smallest absolute Gasteiger partial charge is 0.237 e. The summed E-state index contributed by atoms with van der Waals surface area (Å²) in [6.45, 7) is 4.09. The van der Waals surface area contributed by atoms with Crippen molar-refractivity contribution in [1.29, 1.82) is 0 Å². The van der Waals surface area contributed by atoms with Crippen molar-refractivity contribution in [3.63, 3.8) is 0 Å². The molecule has 0 spiro atoms. The molecule has 3 aromatic carbocycles. The molecule has 0 aliphatic heterocycles. The summed E-state index contributed by atoms with van der Waals surface area (Å²) in [7, 11) is 1.55. The van der Waals surface area contributed by atoms with Gasteiger partial charge in [-0.25, -0.2) is 0 Å². The maximum atomic E-state index is 13.0. The van der Waals surface area contributed by atoms with Gasteiger partial charge in [0.25, 0.3) is 0 Å². The monoisotopic (exact) mass is 414 g/mol. The van der Waals surface area contributed by atoms with Gasteiger partial charge in [0.2, 0.25) is 11.8 Å². The van der Waals surface area contributed by atoms with Gasteiger partial charge >= 0.3 is 0 Å². The Balaban J connectivity index is 1.79. The van der Waals surface area contributed by atoms with Gasteiger partial charge in [-0.2, -0.15) is 0 Å². The van der Waals surface area contributed by atoms with E-state index in [9.17, 15) is 9.59 Å². The van der Waals surface area contributed by atoms with E-state index < -0.39 is 5.92 Å². The predicted molar refractivity (Wildman–Crippen MR) is 126 cm³/mol. The van der Waals surface area contributed by atoms with Crippen molar-refractivity contribution in [2.45, 2.75) is 38.6 Å². The molecule has 0 aliphatic rings. The van der Waals surface area contributed by atoms with Crippen LogP contribution in [0.3, 0.4) is 0 Å². The first kappa shape index (κ1) is 22.3. The lowest BCUT2D eigenvalue weighted by Gasteiger charge is -2.20. The minimum atomic E-state index is -0.905. The zero-order valence-corrected chi connectivity index (χ0v) is 18.4. The van der Waals surface area contributed by atoms with Crippen molar-refractivity contribution in [3.8, 4) is 11.1 Å². The average molecular weight is 415 g/mol. The number of benzene rings is 3. The molecule has 3 aromatic rings. The molecule has 0 radical (unpaired) electrons. The molecule has 0 heterocycles. The summed E-state index contributed by atoms with van der Waals surface area (Å²) in [4.78, 5) is 25.6. The fourth-order valence-corrected chi connectivity index (χ4v) is 3.71. The van der Waals surface area contributed by atoms with Gasteiger partial charge in [0, 0.05) is 7.05 Å². The zero-order chi connectivity index (χ0) is 22.2. The Labute approximate surface area is 184 Å². The van der Waals surface area contributed by atoms with Gasteiger partial charge in [0.1, 0.15) is 5.92 Å². The second kappa shape index (κ2) is 10.6. The Morgan fingerprint density at radius 1 is 0.774 bits per heavy atom. The molecule has 3 rings (SSSR count). The highest BCUT2D eigenvalue weighted by Crippen LogP contribution is 2.25. The Bertz CT molecular complexity index is 996. The molecule has 31 heavy (non-hydrogen) atoms. The minimum Gasteiger partial charge on any atom is -0.358 e. The van der Waals surface area contributed by atoms with E-state index in [1.54, 1.807) is 7.05 Å². The second-order valence-corrected chi connectivity index (χ2v) is 7.76. The number of rotatable bonds is 8. The van der Waals surface area contributed by atoms with Crippen molar-refractivity contribution in [3.05, 3.63) is 95.6 Å². The fourth-order valence-electron chi connectivity index (χ4n) is 3.71. The molecule has 2 unspecified atom stereocenters. The first-order valence-electron chi connectivity index (χ1n) is 10.8. The highest BCUT2D eigenvalue weighted by Gasteiger charge is 2.28. The van der Waals surface area contributed by atoms with E-state index in [0.717, 1.165) is 29.5 Å². The van der Waals surface area contributed by atoms with Crippen LogP contribution in [-0.4, -0.2) is 18.9 Å². The number of likely N-dealkylation sites (N-methyl/N-ethyl adjacent to an activating group) is 1. The van der Waals surface area contributed by atoms with Crippen molar-refractivity contribution in [2.75, 3.05) is 7.05 Å². The van der Waals surface area contributed by atoms with E-state index in [1.807, 2.05) is 61.5 Å². The molecule has 0 fully saturated rings. The van der Waals surface area contributed by atoms with Crippen molar-refractivity contribution in [1.82, 2.24) is 10.6 Å². The van der Waals surface area contributed by atoms with Gasteiger partial charge in [-0.1, -0.05) is 92.2 Å². The van der Waals surface area contributed by atoms with Crippen LogP contribution in [0.2, 0.25) is 0 Å². The maximum absolute atomic E-state index is 13.0. The summed E-state index contributed by atoms with van der Waals surface area (Å²) >= 11 is 0. The third-order valence-corrected chi connectivity index (χ3v) is 5.50. The summed E-state index contributed by atoms with van der Waals surface area (Å²) in [6, 6.07) is 25.7. The summed E-state index contributed by atoms with van der Waals surface area (Å²) in [5, 5.41) is 5.60. The van der Waals surface area contributed by atoms with E-state index in [0.29, 0.717) is 5.56 Å². The zero-order valence-electron chi connectivity index (χ0n) is 18.4. The van der Waals surface area contributed by atoms with Crippen LogP contribution in [0.4, 0.5) is 0 Å². The normalized spacial score (nSPS) is 12.6. The molecule has 0 aromatic heterocycles. The summed E-state index contributed by atoms with van der Waals surface area (Å²) < 4.78 is 0. The van der Waals surface area contributed by atoms with Crippen LogP contribution in [0.15, 0.2) is 78.9 Å². The highest BCUT2D eigenvalue weighted by molar-refractivity contribution is 6.05. The maximum Gasteiger partial charge on any atom is 0.237 e. The minimum absolute atomic E-state index is 0.193. The molecule has 2 N–H and O–H groups in total. The van der Waals surface area contributed by atoms with Gasteiger partial charge in [-0.3, -0.25) is 9.59 Å². The number of carbonyl (C=O) groups is 2. The number of hydrogen-bond acceptors (Lipinski definition) is 2. The quantitative estimate of drug-likeness (QED) is 0.509. The molecular weight excluding hydrogens is 384 g/mol. The lowest BCUT2D eigenvalue weighted by Crippen LogP contribution is -2.39. The van der Waals surface area contributed by atoms with Crippen molar-refractivity contribution >= 4 is 11.8 Å². The van der Waals surface area contributed by atoms with Gasteiger partial charge in [-0.15, -0.1) is 0 Å². The van der Waals surface area contributed by atoms with Crippen LogP contribution in [-0.2, 0) is 16.0 Å². The number of amides is 2. The molecule has 0 saturated heterocycles. The molecule has 2 atom stereocenters. The third kappa shape index (κ3) is 5.60. The van der Waals surface area contributed by atoms with E-state index in [2.05, 4.69) is 41.8 Å². The lowest BCUT2D eigenvalue weighted by molar-refractivity contribution is -0.131. The van der Waals surface area contributed by atoms with Crippen molar-refractivity contribution < 1.29 is 9.59 Å². The largest absolute Gasteiger partial charge is 0.358 e. The Kier molecular flexibility index (Phi) is 7.60. The second-order valence-electron chi connectivity index (χ2n) is 7.76. The van der Waals surface area contributed by atoms with Crippen molar-refractivity contribution in [2.24, 2.45) is 0 Å². The molecule has 160 valence electrons. The standard InChI is InChI=1S/C27H30N2O2/c1-4-8-20-11-13-22(14-12-20)23-15-17-24(18-16-23)25(26(30)28-3)27(31)29-19(2)21-9-6-5-7-10-21/h5-7,9-19,25H,4,8H2,1-3H3,(H,28,30)(H,29,31). The van der Waals surface area contributed by atoms with Gasteiger partial charge < -0.3 is 10.6 Å². The van der Waals surface area contributed by atoms with Gasteiger partial charge in [0.05, 0.1) is 6.04 Å².